The Morgan fingerprint density at radius 3 is 2.57 bits per heavy atom. The first-order chi connectivity index (χ1) is 6.63. The van der Waals surface area contributed by atoms with E-state index in [2.05, 4.69) is 4.98 Å². The van der Waals surface area contributed by atoms with Gasteiger partial charge in [-0.1, -0.05) is 6.92 Å². The van der Waals surface area contributed by atoms with E-state index in [1.165, 1.54) is 0 Å². The molecule has 2 N–H and O–H groups in total. The Morgan fingerprint density at radius 1 is 1.43 bits per heavy atom. The second kappa shape index (κ2) is 5.34. The average Bonchev–Trinajstić information content (AvgIpc) is 2.18. The van der Waals surface area contributed by atoms with Crippen molar-refractivity contribution in [3.05, 3.63) is 24.0 Å². The van der Waals surface area contributed by atoms with E-state index < -0.39 is 6.10 Å². The van der Waals surface area contributed by atoms with Crippen molar-refractivity contribution in [2.45, 2.75) is 30.1 Å². The maximum absolute atomic E-state index is 9.23. The van der Waals surface area contributed by atoms with Crippen LogP contribution >= 0.6 is 11.8 Å². The van der Waals surface area contributed by atoms with Gasteiger partial charge in [-0.2, -0.15) is 0 Å². The molecule has 0 saturated heterocycles. The van der Waals surface area contributed by atoms with Crippen molar-refractivity contribution in [1.82, 2.24) is 4.98 Å². The number of nitrogens with zero attached hydrogens (tertiary/aromatic N) is 1. The van der Waals surface area contributed by atoms with Crippen LogP contribution in [0, 0.1) is 0 Å². The minimum atomic E-state index is -0.524. The third kappa shape index (κ3) is 3.29. The van der Waals surface area contributed by atoms with Crippen LogP contribution in [0.15, 0.2) is 23.2 Å². The fraction of sp³-hybridized carbons (Fsp3) is 0.500. The molecule has 1 heterocycles. The first-order valence-electron chi connectivity index (χ1n) is 4.55. The lowest BCUT2D eigenvalue weighted by atomic mass is 10.2. The Morgan fingerprint density at radius 2 is 2.14 bits per heavy atom. The number of pyridine rings is 1. The summed E-state index contributed by atoms with van der Waals surface area (Å²) in [5.74, 6) is 0. The number of thioether (sulfide) groups is 1. The molecule has 4 heteroatoms. The summed E-state index contributed by atoms with van der Waals surface area (Å²) >= 11 is 1.57. The van der Waals surface area contributed by atoms with E-state index in [4.69, 9.17) is 5.11 Å². The largest absolute Gasteiger partial charge is 0.395 e. The van der Waals surface area contributed by atoms with Crippen molar-refractivity contribution < 1.29 is 10.2 Å². The van der Waals surface area contributed by atoms with E-state index in [0.29, 0.717) is 5.69 Å². The lowest BCUT2D eigenvalue weighted by molar-refractivity contribution is 0.194. The summed E-state index contributed by atoms with van der Waals surface area (Å²) in [6.07, 6.45) is 1.20. The minimum Gasteiger partial charge on any atom is -0.395 e. The van der Waals surface area contributed by atoms with Crippen molar-refractivity contribution in [3.8, 4) is 0 Å². The van der Waals surface area contributed by atoms with Crippen LogP contribution in [-0.2, 0) is 0 Å². The van der Waals surface area contributed by atoms with Gasteiger partial charge in [-0.3, -0.25) is 4.98 Å². The Hall–Kier alpha value is -0.580. The third-order valence-corrected chi connectivity index (χ3v) is 2.85. The van der Waals surface area contributed by atoms with Crippen molar-refractivity contribution in [2.24, 2.45) is 0 Å². The molecule has 0 aromatic carbocycles. The maximum atomic E-state index is 9.23. The Kier molecular flexibility index (Phi) is 4.38. The molecule has 14 heavy (non-hydrogen) atoms. The zero-order valence-corrected chi connectivity index (χ0v) is 9.16. The van der Waals surface area contributed by atoms with Crippen LogP contribution in [0.1, 0.15) is 25.6 Å². The van der Waals surface area contributed by atoms with Crippen molar-refractivity contribution in [3.63, 3.8) is 0 Å². The van der Waals surface area contributed by atoms with Gasteiger partial charge in [-0.05, 0) is 19.1 Å². The lowest BCUT2D eigenvalue weighted by Crippen LogP contribution is -2.02. The Labute approximate surface area is 88.2 Å². The molecule has 0 aliphatic heterocycles. The van der Waals surface area contributed by atoms with Gasteiger partial charge in [0.2, 0.25) is 0 Å². The van der Waals surface area contributed by atoms with Gasteiger partial charge in [0.1, 0.15) is 0 Å². The highest BCUT2D eigenvalue weighted by Crippen LogP contribution is 2.22. The monoisotopic (exact) mass is 213 g/mol. The second-order valence-corrected chi connectivity index (χ2v) is 4.72. The van der Waals surface area contributed by atoms with Gasteiger partial charge in [0.15, 0.2) is 0 Å². The van der Waals surface area contributed by atoms with Crippen LogP contribution in [0.25, 0.3) is 0 Å². The molecule has 0 fully saturated rings. The molecular weight excluding hydrogens is 198 g/mol. The summed E-state index contributed by atoms with van der Waals surface area (Å²) in [6, 6.07) is 3.71. The third-order valence-electron chi connectivity index (χ3n) is 1.78. The zero-order chi connectivity index (χ0) is 10.6. The van der Waals surface area contributed by atoms with Crippen molar-refractivity contribution >= 4 is 11.8 Å². The SMILES string of the molecule is CC(CO)Sc1ccc([C@H](C)O)nc1. The first kappa shape index (κ1) is 11.5. The smallest absolute Gasteiger partial charge is 0.0931 e. The van der Waals surface area contributed by atoms with E-state index >= 15 is 0 Å². The quantitative estimate of drug-likeness (QED) is 0.746. The molecule has 0 saturated carbocycles. The molecule has 0 amide bonds. The predicted octanol–water partition coefficient (Wildman–Crippen LogP) is 1.61. The highest BCUT2D eigenvalue weighted by Gasteiger charge is 2.05. The van der Waals surface area contributed by atoms with Gasteiger partial charge in [-0.15, -0.1) is 11.8 Å². The van der Waals surface area contributed by atoms with E-state index in [9.17, 15) is 5.11 Å². The van der Waals surface area contributed by atoms with Gasteiger partial charge in [-0.25, -0.2) is 0 Å². The highest BCUT2D eigenvalue weighted by atomic mass is 32.2. The summed E-state index contributed by atoms with van der Waals surface area (Å²) < 4.78 is 0. The normalized spacial score (nSPS) is 15.1. The number of hydrogen-bond donors (Lipinski definition) is 2. The van der Waals surface area contributed by atoms with Crippen molar-refractivity contribution in [1.29, 1.82) is 0 Å². The molecule has 0 bridgehead atoms. The number of aromatic nitrogens is 1. The summed E-state index contributed by atoms with van der Waals surface area (Å²) in [5, 5.41) is 18.3. The van der Waals surface area contributed by atoms with E-state index in [-0.39, 0.29) is 11.9 Å². The Balaban J connectivity index is 2.64. The van der Waals surface area contributed by atoms with Gasteiger partial charge < -0.3 is 10.2 Å². The fourth-order valence-electron chi connectivity index (χ4n) is 0.978. The van der Waals surface area contributed by atoms with Crippen LogP contribution in [-0.4, -0.2) is 27.1 Å². The van der Waals surface area contributed by atoms with Gasteiger partial charge in [0, 0.05) is 16.3 Å². The molecule has 2 atom stereocenters. The van der Waals surface area contributed by atoms with Crippen molar-refractivity contribution in [2.75, 3.05) is 6.61 Å². The Bertz CT molecular complexity index is 274. The predicted molar refractivity (Wildman–Crippen MR) is 57.3 cm³/mol. The number of hydrogen-bond acceptors (Lipinski definition) is 4. The second-order valence-electron chi connectivity index (χ2n) is 3.21. The average molecular weight is 213 g/mol. The number of aliphatic hydroxyl groups excluding tert-OH is 2. The van der Waals surface area contributed by atoms with Gasteiger partial charge in [0.25, 0.3) is 0 Å². The molecule has 1 rings (SSSR count). The molecule has 1 aromatic rings. The molecule has 78 valence electrons. The number of aliphatic hydroxyl groups is 2. The van der Waals surface area contributed by atoms with Crippen LogP contribution in [0.4, 0.5) is 0 Å². The molecule has 0 aliphatic carbocycles. The number of rotatable bonds is 4. The van der Waals surface area contributed by atoms with Crippen LogP contribution in [0.3, 0.4) is 0 Å². The van der Waals surface area contributed by atoms with Crippen LogP contribution in [0.2, 0.25) is 0 Å². The summed E-state index contributed by atoms with van der Waals surface area (Å²) in [5.41, 5.74) is 0.672. The minimum absolute atomic E-state index is 0.156. The summed E-state index contributed by atoms with van der Waals surface area (Å²) in [4.78, 5) is 5.12. The molecule has 0 radical (unpaired) electrons. The molecule has 0 aliphatic rings. The standard InChI is InChI=1S/C10H15NO2S/c1-7(6-12)14-9-3-4-10(8(2)13)11-5-9/h3-5,7-8,12-13H,6H2,1-2H3/t7?,8-/m0/s1. The maximum Gasteiger partial charge on any atom is 0.0931 e. The fourth-order valence-corrected chi connectivity index (χ4v) is 1.78. The molecular formula is C10H15NO2S. The zero-order valence-electron chi connectivity index (χ0n) is 8.34. The lowest BCUT2D eigenvalue weighted by Gasteiger charge is -2.08. The molecule has 3 nitrogen and oxygen atoms in total. The highest BCUT2D eigenvalue weighted by molar-refractivity contribution is 8.00. The molecule has 0 spiro atoms. The van der Waals surface area contributed by atoms with Crippen LogP contribution < -0.4 is 0 Å². The van der Waals surface area contributed by atoms with E-state index in [1.54, 1.807) is 30.9 Å². The molecule has 1 aromatic heterocycles. The van der Waals surface area contributed by atoms with Crippen LogP contribution in [0.5, 0.6) is 0 Å². The van der Waals surface area contributed by atoms with E-state index in [0.717, 1.165) is 4.90 Å². The topological polar surface area (TPSA) is 53.4 Å². The van der Waals surface area contributed by atoms with Gasteiger partial charge in [0.05, 0.1) is 18.4 Å². The first-order valence-corrected chi connectivity index (χ1v) is 5.43. The summed E-state index contributed by atoms with van der Waals surface area (Å²) in [7, 11) is 0. The van der Waals surface area contributed by atoms with Gasteiger partial charge >= 0.3 is 0 Å². The summed E-state index contributed by atoms with van der Waals surface area (Å²) in [6.45, 7) is 3.79. The molecule has 1 unspecified atom stereocenters. The van der Waals surface area contributed by atoms with E-state index in [1.807, 2.05) is 13.0 Å².